The number of benzene rings is 1. The lowest BCUT2D eigenvalue weighted by Crippen LogP contribution is -2.54. The normalized spacial score (nSPS) is 18.4. The number of carbonyl (C=O) groups excluding carboxylic acids is 2. The molecule has 1 aliphatic heterocycles. The number of piperazine rings is 1. The molecule has 21 heavy (non-hydrogen) atoms. The first kappa shape index (κ1) is 16.1. The molecule has 7 heteroatoms. The smallest absolute Gasteiger partial charge is 0.251 e. The second kappa shape index (κ2) is 7.11. The highest BCUT2D eigenvalue weighted by molar-refractivity contribution is 6.42. The lowest BCUT2D eigenvalue weighted by Gasteiger charge is -2.34. The van der Waals surface area contributed by atoms with Gasteiger partial charge >= 0.3 is 0 Å². The van der Waals surface area contributed by atoms with E-state index in [1.165, 1.54) is 6.07 Å². The van der Waals surface area contributed by atoms with Crippen molar-refractivity contribution in [3.05, 3.63) is 33.8 Å². The Morgan fingerprint density at radius 1 is 1.38 bits per heavy atom. The molecular formula is C14H17Cl2N3O2. The molecule has 114 valence electrons. The van der Waals surface area contributed by atoms with Crippen molar-refractivity contribution in [2.45, 2.75) is 13.0 Å². The summed E-state index contributed by atoms with van der Waals surface area (Å²) in [4.78, 5) is 25.9. The molecule has 0 spiro atoms. The molecular weight excluding hydrogens is 313 g/mol. The van der Waals surface area contributed by atoms with E-state index >= 15 is 0 Å². The zero-order valence-electron chi connectivity index (χ0n) is 11.7. The van der Waals surface area contributed by atoms with Gasteiger partial charge in [0.1, 0.15) is 0 Å². The molecule has 5 nitrogen and oxygen atoms in total. The van der Waals surface area contributed by atoms with E-state index in [0.29, 0.717) is 22.2 Å². The molecule has 1 aromatic carbocycles. The third kappa shape index (κ3) is 4.09. The molecule has 0 aliphatic carbocycles. The minimum absolute atomic E-state index is 0.0244. The number of carbonyl (C=O) groups is 2. The van der Waals surface area contributed by atoms with Crippen LogP contribution in [-0.2, 0) is 4.79 Å². The third-order valence-electron chi connectivity index (χ3n) is 3.40. The molecule has 1 heterocycles. The van der Waals surface area contributed by atoms with E-state index in [0.717, 1.165) is 13.1 Å². The molecule has 2 rings (SSSR count). The summed E-state index contributed by atoms with van der Waals surface area (Å²) in [5.41, 5.74) is 0.380. The number of nitrogens with zero attached hydrogens (tertiary/aromatic N) is 1. The first-order chi connectivity index (χ1) is 9.99. The molecule has 1 aliphatic rings. The monoisotopic (exact) mass is 329 g/mol. The average Bonchev–Trinajstić information content (AvgIpc) is 2.47. The van der Waals surface area contributed by atoms with E-state index in [4.69, 9.17) is 23.2 Å². The van der Waals surface area contributed by atoms with Crippen molar-refractivity contribution in [1.82, 2.24) is 15.5 Å². The number of hydrogen-bond donors (Lipinski definition) is 2. The van der Waals surface area contributed by atoms with Crippen molar-refractivity contribution in [2.75, 3.05) is 26.2 Å². The molecule has 0 bridgehead atoms. The minimum Gasteiger partial charge on any atom is -0.343 e. The number of hydrogen-bond acceptors (Lipinski definition) is 3. The highest BCUT2D eigenvalue weighted by Crippen LogP contribution is 2.22. The summed E-state index contributed by atoms with van der Waals surface area (Å²) in [6.45, 7) is 4.15. The largest absolute Gasteiger partial charge is 0.343 e. The van der Waals surface area contributed by atoms with Gasteiger partial charge in [-0.05, 0) is 25.1 Å². The van der Waals surface area contributed by atoms with E-state index in [9.17, 15) is 9.59 Å². The van der Waals surface area contributed by atoms with E-state index in [2.05, 4.69) is 10.6 Å². The second-order valence-electron chi connectivity index (χ2n) is 4.95. The average molecular weight is 330 g/mol. The van der Waals surface area contributed by atoms with Gasteiger partial charge in [0.05, 0.1) is 16.6 Å². The summed E-state index contributed by atoms with van der Waals surface area (Å²) in [5, 5.41) is 6.52. The van der Waals surface area contributed by atoms with Crippen molar-refractivity contribution in [3.8, 4) is 0 Å². The minimum atomic E-state index is -0.343. The highest BCUT2D eigenvalue weighted by Gasteiger charge is 2.23. The molecule has 1 aromatic rings. The Morgan fingerprint density at radius 2 is 2.14 bits per heavy atom. The fourth-order valence-electron chi connectivity index (χ4n) is 2.21. The van der Waals surface area contributed by atoms with Crippen LogP contribution < -0.4 is 10.6 Å². The topological polar surface area (TPSA) is 61.4 Å². The Bertz CT molecular complexity index is 551. The molecule has 1 fully saturated rings. The van der Waals surface area contributed by atoms with Crippen LogP contribution in [0.25, 0.3) is 0 Å². The van der Waals surface area contributed by atoms with Crippen LogP contribution in [-0.4, -0.2) is 48.9 Å². The molecule has 0 aromatic heterocycles. The predicted molar refractivity (Wildman–Crippen MR) is 82.8 cm³/mol. The van der Waals surface area contributed by atoms with Crippen LogP contribution in [0.1, 0.15) is 17.3 Å². The Morgan fingerprint density at radius 3 is 2.81 bits per heavy atom. The molecule has 1 unspecified atom stereocenters. The van der Waals surface area contributed by atoms with Gasteiger partial charge in [-0.1, -0.05) is 23.2 Å². The van der Waals surface area contributed by atoms with Crippen LogP contribution in [0.4, 0.5) is 0 Å². The van der Waals surface area contributed by atoms with Gasteiger partial charge in [-0.15, -0.1) is 0 Å². The van der Waals surface area contributed by atoms with Crippen molar-refractivity contribution in [2.24, 2.45) is 0 Å². The highest BCUT2D eigenvalue weighted by atomic mass is 35.5. The zero-order chi connectivity index (χ0) is 15.4. The van der Waals surface area contributed by atoms with Gasteiger partial charge in [0.15, 0.2) is 0 Å². The number of nitrogens with one attached hydrogen (secondary N) is 2. The van der Waals surface area contributed by atoms with Crippen LogP contribution in [0.5, 0.6) is 0 Å². The molecule has 0 saturated carbocycles. The van der Waals surface area contributed by atoms with E-state index < -0.39 is 0 Å². The van der Waals surface area contributed by atoms with Crippen molar-refractivity contribution in [3.63, 3.8) is 0 Å². The summed E-state index contributed by atoms with van der Waals surface area (Å²) in [5.74, 6) is -0.429. The van der Waals surface area contributed by atoms with Crippen LogP contribution >= 0.6 is 23.2 Å². The Kier molecular flexibility index (Phi) is 5.45. The number of halogens is 2. The van der Waals surface area contributed by atoms with E-state index in [1.54, 1.807) is 17.0 Å². The summed E-state index contributed by atoms with van der Waals surface area (Å²) >= 11 is 11.7. The molecule has 2 N–H and O–H groups in total. The zero-order valence-corrected chi connectivity index (χ0v) is 13.2. The fraction of sp³-hybridized carbons (Fsp3) is 0.429. The SMILES string of the molecule is CC1CNCCN1C(=O)CNC(=O)c1ccc(Cl)c(Cl)c1. The van der Waals surface area contributed by atoms with Gasteiger partial charge in [0, 0.05) is 31.2 Å². The Labute approximate surface area is 133 Å². The van der Waals surface area contributed by atoms with E-state index in [1.807, 2.05) is 6.92 Å². The maximum atomic E-state index is 12.1. The number of rotatable bonds is 3. The molecule has 2 amide bonds. The van der Waals surface area contributed by atoms with Crippen LogP contribution in [0, 0.1) is 0 Å². The first-order valence-corrected chi connectivity index (χ1v) is 7.48. The van der Waals surface area contributed by atoms with Gasteiger partial charge < -0.3 is 15.5 Å². The summed E-state index contributed by atoms with van der Waals surface area (Å²) in [6, 6.07) is 4.74. The maximum absolute atomic E-state index is 12.1. The third-order valence-corrected chi connectivity index (χ3v) is 4.14. The summed E-state index contributed by atoms with van der Waals surface area (Å²) < 4.78 is 0. The lowest BCUT2D eigenvalue weighted by atomic mass is 10.2. The maximum Gasteiger partial charge on any atom is 0.251 e. The molecule has 0 radical (unpaired) electrons. The number of amides is 2. The van der Waals surface area contributed by atoms with Gasteiger partial charge in [-0.2, -0.15) is 0 Å². The van der Waals surface area contributed by atoms with Crippen LogP contribution in [0.3, 0.4) is 0 Å². The standard InChI is InChI=1S/C14H17Cl2N3O2/c1-9-7-17-4-5-19(9)13(20)8-18-14(21)10-2-3-11(15)12(16)6-10/h2-3,6,9,17H,4-5,7-8H2,1H3,(H,18,21). The first-order valence-electron chi connectivity index (χ1n) is 6.72. The second-order valence-corrected chi connectivity index (χ2v) is 5.77. The van der Waals surface area contributed by atoms with Gasteiger partial charge in [-0.3, -0.25) is 9.59 Å². The van der Waals surface area contributed by atoms with Crippen molar-refractivity contribution >= 4 is 35.0 Å². The molecule has 1 atom stereocenters. The lowest BCUT2D eigenvalue weighted by molar-refractivity contribution is -0.132. The van der Waals surface area contributed by atoms with Gasteiger partial charge in [-0.25, -0.2) is 0 Å². The van der Waals surface area contributed by atoms with E-state index in [-0.39, 0.29) is 24.4 Å². The van der Waals surface area contributed by atoms with Crippen molar-refractivity contribution < 1.29 is 9.59 Å². The Hall–Kier alpha value is -1.30. The van der Waals surface area contributed by atoms with Crippen LogP contribution in [0.15, 0.2) is 18.2 Å². The summed E-state index contributed by atoms with van der Waals surface area (Å²) in [7, 11) is 0. The quantitative estimate of drug-likeness (QED) is 0.884. The molecule has 1 saturated heterocycles. The Balaban J connectivity index is 1.91. The van der Waals surface area contributed by atoms with Gasteiger partial charge in [0.2, 0.25) is 5.91 Å². The van der Waals surface area contributed by atoms with Crippen molar-refractivity contribution in [1.29, 1.82) is 0 Å². The van der Waals surface area contributed by atoms with Crippen LogP contribution in [0.2, 0.25) is 10.0 Å². The van der Waals surface area contributed by atoms with Gasteiger partial charge in [0.25, 0.3) is 5.91 Å². The fourth-order valence-corrected chi connectivity index (χ4v) is 2.51. The summed E-state index contributed by atoms with van der Waals surface area (Å²) in [6.07, 6.45) is 0. The predicted octanol–water partition coefficient (Wildman–Crippen LogP) is 1.54.